The maximum Gasteiger partial charge on any atom is 0.131 e. The second-order valence-electron chi connectivity index (χ2n) is 4.08. The number of hydrogen-bond acceptors (Lipinski definition) is 4. The van der Waals surface area contributed by atoms with E-state index in [-0.39, 0.29) is 18.7 Å². The minimum atomic E-state index is -0.983. The van der Waals surface area contributed by atoms with Crippen LogP contribution in [0, 0.1) is 11.6 Å². The van der Waals surface area contributed by atoms with Gasteiger partial charge in [0, 0.05) is 37.1 Å². The van der Waals surface area contributed by atoms with E-state index in [4.69, 9.17) is 5.11 Å². The van der Waals surface area contributed by atoms with Crippen LogP contribution in [0.5, 0.6) is 0 Å². The summed E-state index contributed by atoms with van der Waals surface area (Å²) in [5.74, 6) is 0.375. The maximum absolute atomic E-state index is 13.4. The van der Waals surface area contributed by atoms with Gasteiger partial charge in [-0.15, -0.1) is 0 Å². The van der Waals surface area contributed by atoms with Gasteiger partial charge >= 0.3 is 0 Å². The van der Waals surface area contributed by atoms with Crippen LogP contribution < -0.4 is 5.32 Å². The van der Waals surface area contributed by atoms with Crippen LogP contribution in [-0.2, 0) is 0 Å². The minimum absolute atomic E-state index is 0.0989. The molecule has 1 atom stereocenters. The largest absolute Gasteiger partial charge is 0.396 e. The van der Waals surface area contributed by atoms with Crippen molar-refractivity contribution in [3.63, 3.8) is 0 Å². The quantitative estimate of drug-likeness (QED) is 0.606. The summed E-state index contributed by atoms with van der Waals surface area (Å²) in [4.78, 5) is 0. The monoisotopic (exact) mass is 291 g/mol. The summed E-state index contributed by atoms with van der Waals surface area (Å²) in [5.41, 5.74) is 0.0989. The molecule has 1 aromatic rings. The average Bonchev–Trinajstić information content (AvgIpc) is 2.37. The van der Waals surface area contributed by atoms with Crippen LogP contribution in [0.4, 0.5) is 8.78 Å². The summed E-state index contributed by atoms with van der Waals surface area (Å²) in [7, 11) is 0. The Hall–Kier alpha value is -0.690. The molecule has 0 saturated heterocycles. The first-order valence-electron chi connectivity index (χ1n) is 6.17. The van der Waals surface area contributed by atoms with Crippen molar-refractivity contribution in [2.75, 3.05) is 31.2 Å². The first-order chi connectivity index (χ1) is 9.15. The second-order valence-corrected chi connectivity index (χ2v) is 5.30. The summed E-state index contributed by atoms with van der Waals surface area (Å²) < 4.78 is 26.1. The van der Waals surface area contributed by atoms with Crippen molar-refractivity contribution in [3.8, 4) is 0 Å². The Labute approximate surface area is 116 Å². The molecule has 3 nitrogen and oxygen atoms in total. The minimum Gasteiger partial charge on any atom is -0.396 e. The van der Waals surface area contributed by atoms with E-state index in [0.717, 1.165) is 30.1 Å². The van der Waals surface area contributed by atoms with Gasteiger partial charge in [-0.1, -0.05) is 6.07 Å². The van der Waals surface area contributed by atoms with E-state index in [0.29, 0.717) is 6.54 Å². The molecule has 0 amide bonds. The number of rotatable bonds is 9. The van der Waals surface area contributed by atoms with Crippen molar-refractivity contribution in [3.05, 3.63) is 35.4 Å². The van der Waals surface area contributed by atoms with Gasteiger partial charge in [0.15, 0.2) is 0 Å². The van der Waals surface area contributed by atoms with Crippen LogP contribution in [0.1, 0.15) is 18.1 Å². The number of nitrogens with one attached hydrogen (secondary N) is 1. The fraction of sp³-hybridized carbons (Fsp3) is 0.538. The highest BCUT2D eigenvalue weighted by atomic mass is 32.2. The molecule has 0 aliphatic carbocycles. The summed E-state index contributed by atoms with van der Waals surface area (Å²) in [6, 6.07) is 3.16. The lowest BCUT2D eigenvalue weighted by molar-refractivity contribution is 0.171. The third-order valence-corrected chi connectivity index (χ3v) is 3.60. The number of thioether (sulfide) groups is 1. The Kier molecular flexibility index (Phi) is 7.97. The lowest BCUT2D eigenvalue weighted by atomic mass is 10.1. The lowest BCUT2D eigenvalue weighted by Gasteiger charge is -2.13. The van der Waals surface area contributed by atoms with Crippen LogP contribution >= 0.6 is 11.8 Å². The third kappa shape index (κ3) is 6.33. The standard InChI is InChI=1S/C13H19F2NO2S/c14-10-2-3-11(12(15)8-10)13(18)9-16-4-7-19-6-1-5-17/h2-3,8,13,16-18H,1,4-7,9H2. The first-order valence-corrected chi connectivity index (χ1v) is 7.33. The summed E-state index contributed by atoms with van der Waals surface area (Å²) >= 11 is 1.70. The molecule has 6 heteroatoms. The SMILES string of the molecule is OCCCSCCNCC(O)c1ccc(F)cc1F. The fourth-order valence-electron chi connectivity index (χ4n) is 1.53. The van der Waals surface area contributed by atoms with E-state index >= 15 is 0 Å². The van der Waals surface area contributed by atoms with Crippen molar-refractivity contribution in [2.24, 2.45) is 0 Å². The molecule has 19 heavy (non-hydrogen) atoms. The van der Waals surface area contributed by atoms with Crippen LogP contribution in [0.3, 0.4) is 0 Å². The zero-order chi connectivity index (χ0) is 14.1. The zero-order valence-corrected chi connectivity index (χ0v) is 11.4. The Balaban J connectivity index is 2.22. The smallest absolute Gasteiger partial charge is 0.131 e. The molecule has 1 unspecified atom stereocenters. The fourth-order valence-corrected chi connectivity index (χ4v) is 2.36. The zero-order valence-electron chi connectivity index (χ0n) is 10.6. The van der Waals surface area contributed by atoms with Crippen LogP contribution in [-0.4, -0.2) is 41.4 Å². The second kappa shape index (κ2) is 9.25. The highest BCUT2D eigenvalue weighted by Crippen LogP contribution is 2.17. The van der Waals surface area contributed by atoms with Gasteiger partial charge in [-0.05, 0) is 18.2 Å². The van der Waals surface area contributed by atoms with Gasteiger partial charge in [0.05, 0.1) is 6.10 Å². The van der Waals surface area contributed by atoms with Crippen LogP contribution in [0.25, 0.3) is 0 Å². The molecule has 108 valence electrons. The average molecular weight is 291 g/mol. The van der Waals surface area contributed by atoms with Crippen molar-refractivity contribution in [1.82, 2.24) is 5.32 Å². The van der Waals surface area contributed by atoms with Crippen LogP contribution in [0.2, 0.25) is 0 Å². The van der Waals surface area contributed by atoms with Gasteiger partial charge in [0.25, 0.3) is 0 Å². The van der Waals surface area contributed by atoms with Gasteiger partial charge in [-0.2, -0.15) is 11.8 Å². The molecule has 3 N–H and O–H groups in total. The molecule has 0 bridgehead atoms. The molecular weight excluding hydrogens is 272 g/mol. The van der Waals surface area contributed by atoms with Crippen molar-refractivity contribution >= 4 is 11.8 Å². The van der Waals surface area contributed by atoms with Gasteiger partial charge in [-0.25, -0.2) is 8.78 Å². The van der Waals surface area contributed by atoms with Crippen molar-refractivity contribution < 1.29 is 19.0 Å². The molecule has 0 heterocycles. The molecule has 0 aliphatic heterocycles. The predicted molar refractivity (Wildman–Crippen MR) is 73.2 cm³/mol. The Bertz CT molecular complexity index is 380. The van der Waals surface area contributed by atoms with E-state index in [1.54, 1.807) is 11.8 Å². The Morgan fingerprint density at radius 3 is 2.74 bits per heavy atom. The van der Waals surface area contributed by atoms with Gasteiger partial charge in [-0.3, -0.25) is 0 Å². The number of aliphatic hydroxyl groups excluding tert-OH is 2. The van der Waals surface area contributed by atoms with Crippen molar-refractivity contribution in [2.45, 2.75) is 12.5 Å². The highest BCUT2D eigenvalue weighted by Gasteiger charge is 2.12. The summed E-state index contributed by atoms with van der Waals surface area (Å²) in [6.45, 7) is 1.11. The van der Waals surface area contributed by atoms with E-state index < -0.39 is 17.7 Å². The van der Waals surface area contributed by atoms with Crippen molar-refractivity contribution in [1.29, 1.82) is 0 Å². The van der Waals surface area contributed by atoms with E-state index in [1.807, 2.05) is 0 Å². The molecule has 0 aromatic heterocycles. The molecule has 1 rings (SSSR count). The normalized spacial score (nSPS) is 12.6. The molecule has 1 aromatic carbocycles. The van der Waals surface area contributed by atoms with E-state index in [2.05, 4.69) is 5.32 Å². The maximum atomic E-state index is 13.4. The van der Waals surface area contributed by atoms with E-state index in [1.165, 1.54) is 6.07 Å². The number of hydrogen-bond donors (Lipinski definition) is 3. The summed E-state index contributed by atoms with van der Waals surface area (Å²) in [5, 5.41) is 21.4. The third-order valence-electron chi connectivity index (χ3n) is 2.53. The Morgan fingerprint density at radius 2 is 2.05 bits per heavy atom. The first kappa shape index (κ1) is 16.4. The predicted octanol–water partition coefficient (Wildman–Crippen LogP) is 1.70. The molecular formula is C13H19F2NO2S. The number of aliphatic hydroxyl groups is 2. The number of benzene rings is 1. The van der Waals surface area contributed by atoms with Gasteiger partial charge in [0.2, 0.25) is 0 Å². The van der Waals surface area contributed by atoms with Gasteiger partial charge in [0.1, 0.15) is 11.6 Å². The molecule has 0 spiro atoms. The molecule has 0 aliphatic rings. The topological polar surface area (TPSA) is 52.5 Å². The molecule has 0 fully saturated rings. The number of halogens is 2. The highest BCUT2D eigenvalue weighted by molar-refractivity contribution is 7.99. The van der Waals surface area contributed by atoms with Gasteiger partial charge < -0.3 is 15.5 Å². The molecule has 0 radical (unpaired) electrons. The summed E-state index contributed by atoms with van der Waals surface area (Å²) in [6.07, 6.45) is -0.211. The lowest BCUT2D eigenvalue weighted by Crippen LogP contribution is -2.24. The molecule has 0 saturated carbocycles. The Morgan fingerprint density at radius 1 is 1.26 bits per heavy atom. The van der Waals surface area contributed by atoms with Crippen LogP contribution in [0.15, 0.2) is 18.2 Å². The van der Waals surface area contributed by atoms with E-state index in [9.17, 15) is 13.9 Å².